The fourth-order valence-corrected chi connectivity index (χ4v) is 2.12. The van der Waals surface area contributed by atoms with Crippen LogP contribution < -0.4 is 5.73 Å². The van der Waals surface area contributed by atoms with Crippen molar-refractivity contribution in [2.45, 2.75) is 38.5 Å². The lowest BCUT2D eigenvalue weighted by Crippen LogP contribution is -2.18. The Balaban J connectivity index is 2.05. The lowest BCUT2D eigenvalue weighted by atomic mass is 10.2. The molecule has 1 fully saturated rings. The van der Waals surface area contributed by atoms with Gasteiger partial charge in [-0.1, -0.05) is 0 Å². The molecule has 0 spiro atoms. The molecule has 0 amide bonds. The zero-order valence-corrected chi connectivity index (χ0v) is 10.3. The van der Waals surface area contributed by atoms with Gasteiger partial charge in [0.2, 0.25) is 0 Å². The predicted molar refractivity (Wildman–Crippen MR) is 62.5 cm³/mol. The monoisotopic (exact) mass is 240 g/mol. The van der Waals surface area contributed by atoms with E-state index in [2.05, 4.69) is 10.2 Å². The molecule has 1 atom stereocenters. The zero-order chi connectivity index (χ0) is 12.1. The molecule has 1 unspecified atom stereocenters. The number of rotatable bonds is 6. The van der Waals surface area contributed by atoms with Crippen LogP contribution in [0.1, 0.15) is 24.5 Å². The van der Waals surface area contributed by atoms with Crippen LogP contribution in [-0.2, 0) is 29.0 Å². The highest BCUT2D eigenvalue weighted by Gasteiger charge is 2.20. The van der Waals surface area contributed by atoms with Crippen molar-refractivity contribution < 1.29 is 9.47 Å². The zero-order valence-electron chi connectivity index (χ0n) is 10.3. The third-order valence-corrected chi connectivity index (χ3v) is 3.04. The molecule has 0 saturated carbocycles. The Bertz CT molecular complexity index is 347. The fourth-order valence-electron chi connectivity index (χ4n) is 2.12. The van der Waals surface area contributed by atoms with Crippen molar-refractivity contribution >= 4 is 0 Å². The van der Waals surface area contributed by atoms with Gasteiger partial charge in [-0.05, 0) is 12.8 Å². The Morgan fingerprint density at radius 2 is 2.29 bits per heavy atom. The van der Waals surface area contributed by atoms with Gasteiger partial charge in [-0.25, -0.2) is 0 Å². The molecule has 0 bridgehead atoms. The molecule has 0 radical (unpaired) electrons. The summed E-state index contributed by atoms with van der Waals surface area (Å²) in [7, 11) is 1.69. The number of ether oxygens (including phenoxy) is 2. The van der Waals surface area contributed by atoms with Gasteiger partial charge >= 0.3 is 0 Å². The van der Waals surface area contributed by atoms with Crippen LogP contribution in [0.4, 0.5) is 0 Å². The van der Waals surface area contributed by atoms with Crippen LogP contribution in [0.2, 0.25) is 0 Å². The number of aromatic nitrogens is 3. The van der Waals surface area contributed by atoms with Crippen LogP contribution in [0.3, 0.4) is 0 Å². The second kappa shape index (κ2) is 6.09. The minimum Gasteiger partial charge on any atom is -0.383 e. The Morgan fingerprint density at radius 3 is 2.94 bits per heavy atom. The van der Waals surface area contributed by atoms with Crippen LogP contribution in [0.15, 0.2) is 0 Å². The van der Waals surface area contributed by atoms with Gasteiger partial charge in [-0.2, -0.15) is 0 Å². The summed E-state index contributed by atoms with van der Waals surface area (Å²) in [6, 6.07) is 0. The Hall–Kier alpha value is -0.980. The Morgan fingerprint density at radius 1 is 1.47 bits per heavy atom. The molecule has 1 aromatic rings. The smallest absolute Gasteiger partial charge is 0.146 e. The Kier molecular flexibility index (Phi) is 4.47. The summed E-state index contributed by atoms with van der Waals surface area (Å²) in [5.41, 5.74) is 5.65. The van der Waals surface area contributed by atoms with Crippen molar-refractivity contribution in [3.8, 4) is 0 Å². The highest BCUT2D eigenvalue weighted by molar-refractivity contribution is 4.98. The molecule has 1 saturated heterocycles. The maximum atomic E-state index is 5.65. The topological polar surface area (TPSA) is 75.2 Å². The van der Waals surface area contributed by atoms with E-state index < -0.39 is 0 Å². The van der Waals surface area contributed by atoms with E-state index in [0.29, 0.717) is 13.2 Å². The molecule has 2 heterocycles. The third kappa shape index (κ3) is 3.02. The first-order chi connectivity index (χ1) is 8.35. The molecule has 0 aliphatic carbocycles. The van der Waals surface area contributed by atoms with Crippen molar-refractivity contribution in [1.29, 1.82) is 0 Å². The maximum Gasteiger partial charge on any atom is 0.146 e. The number of hydrogen-bond donors (Lipinski definition) is 1. The first kappa shape index (κ1) is 12.5. The molecule has 6 nitrogen and oxygen atoms in total. The van der Waals surface area contributed by atoms with Gasteiger partial charge in [0, 0.05) is 26.7 Å². The highest BCUT2D eigenvalue weighted by atomic mass is 16.5. The van der Waals surface area contributed by atoms with Crippen molar-refractivity contribution in [3.63, 3.8) is 0 Å². The lowest BCUT2D eigenvalue weighted by Gasteiger charge is -2.12. The second-order valence-corrected chi connectivity index (χ2v) is 4.22. The summed E-state index contributed by atoms with van der Waals surface area (Å²) in [6.07, 6.45) is 3.35. The average Bonchev–Trinajstić information content (AvgIpc) is 2.97. The number of hydrogen-bond acceptors (Lipinski definition) is 5. The van der Waals surface area contributed by atoms with E-state index in [0.717, 1.165) is 44.1 Å². The minimum atomic E-state index is 0.283. The number of methoxy groups -OCH3 is 1. The van der Waals surface area contributed by atoms with Crippen LogP contribution >= 0.6 is 0 Å². The van der Waals surface area contributed by atoms with Crippen molar-refractivity contribution in [2.75, 3.05) is 20.3 Å². The van der Waals surface area contributed by atoms with Gasteiger partial charge in [0.15, 0.2) is 0 Å². The summed E-state index contributed by atoms with van der Waals surface area (Å²) in [5.74, 6) is 1.77. The molecule has 2 rings (SSSR count). The van der Waals surface area contributed by atoms with Gasteiger partial charge in [0.05, 0.1) is 19.3 Å². The van der Waals surface area contributed by atoms with Gasteiger partial charge in [0.1, 0.15) is 11.6 Å². The fraction of sp³-hybridized carbons (Fsp3) is 0.818. The largest absolute Gasteiger partial charge is 0.383 e. The van der Waals surface area contributed by atoms with E-state index in [1.165, 1.54) is 0 Å². The van der Waals surface area contributed by atoms with Crippen LogP contribution in [0, 0.1) is 0 Å². The number of nitrogens with zero attached hydrogens (tertiary/aromatic N) is 3. The third-order valence-electron chi connectivity index (χ3n) is 3.04. The normalized spacial score (nSPS) is 20.0. The van der Waals surface area contributed by atoms with Gasteiger partial charge < -0.3 is 19.8 Å². The molecule has 1 aromatic heterocycles. The molecule has 96 valence electrons. The summed E-state index contributed by atoms with van der Waals surface area (Å²) < 4.78 is 12.8. The van der Waals surface area contributed by atoms with E-state index in [1.807, 2.05) is 4.57 Å². The summed E-state index contributed by atoms with van der Waals surface area (Å²) in [5, 5.41) is 8.31. The molecular weight excluding hydrogens is 220 g/mol. The summed E-state index contributed by atoms with van der Waals surface area (Å²) >= 11 is 0. The maximum absolute atomic E-state index is 5.65. The van der Waals surface area contributed by atoms with E-state index in [9.17, 15) is 0 Å². The van der Waals surface area contributed by atoms with Crippen molar-refractivity contribution in [1.82, 2.24) is 14.8 Å². The average molecular weight is 240 g/mol. The van der Waals surface area contributed by atoms with Crippen LogP contribution in [-0.4, -0.2) is 41.2 Å². The van der Waals surface area contributed by atoms with E-state index >= 15 is 0 Å². The highest BCUT2D eigenvalue weighted by Crippen LogP contribution is 2.16. The lowest BCUT2D eigenvalue weighted by molar-refractivity contribution is 0.108. The first-order valence-corrected chi connectivity index (χ1v) is 6.06. The van der Waals surface area contributed by atoms with Gasteiger partial charge in [-0.3, -0.25) is 0 Å². The van der Waals surface area contributed by atoms with Crippen molar-refractivity contribution in [2.24, 2.45) is 5.73 Å². The van der Waals surface area contributed by atoms with Crippen LogP contribution in [0.5, 0.6) is 0 Å². The predicted octanol–water partition coefficient (Wildman–Crippen LogP) is 0.105. The standard InChI is InChI=1S/C11H20N4O2/c1-16-6-4-15-10(13-14-11(15)8-12)7-9-3-2-5-17-9/h9H,2-8,12H2,1H3. The minimum absolute atomic E-state index is 0.283. The SMILES string of the molecule is COCCn1c(CN)nnc1CC1CCCO1. The summed E-state index contributed by atoms with van der Waals surface area (Å²) in [4.78, 5) is 0. The van der Waals surface area contributed by atoms with E-state index in [4.69, 9.17) is 15.2 Å². The first-order valence-electron chi connectivity index (χ1n) is 6.06. The van der Waals surface area contributed by atoms with Crippen molar-refractivity contribution in [3.05, 3.63) is 11.6 Å². The van der Waals surface area contributed by atoms with Gasteiger partial charge in [0.25, 0.3) is 0 Å². The van der Waals surface area contributed by atoms with Crippen LogP contribution in [0.25, 0.3) is 0 Å². The molecular formula is C11H20N4O2. The van der Waals surface area contributed by atoms with E-state index in [1.54, 1.807) is 7.11 Å². The molecule has 6 heteroatoms. The molecule has 2 N–H and O–H groups in total. The number of nitrogens with two attached hydrogens (primary N) is 1. The van der Waals surface area contributed by atoms with E-state index in [-0.39, 0.29) is 6.10 Å². The summed E-state index contributed by atoms with van der Waals surface area (Å²) in [6.45, 7) is 2.66. The second-order valence-electron chi connectivity index (χ2n) is 4.22. The van der Waals surface area contributed by atoms with Gasteiger partial charge in [-0.15, -0.1) is 10.2 Å². The Labute approximate surface area is 101 Å². The molecule has 0 aromatic carbocycles. The molecule has 17 heavy (non-hydrogen) atoms. The quantitative estimate of drug-likeness (QED) is 0.763. The molecule has 1 aliphatic rings. The molecule has 1 aliphatic heterocycles.